The zero-order chi connectivity index (χ0) is 10.7. The van der Waals surface area contributed by atoms with Crippen LogP contribution in [0.3, 0.4) is 0 Å². The maximum atomic E-state index is 11.3. The highest BCUT2D eigenvalue weighted by molar-refractivity contribution is 7.26. The molecule has 1 N–H and O–H groups in total. The summed E-state index contributed by atoms with van der Waals surface area (Å²) in [6, 6.07) is 0. The van der Waals surface area contributed by atoms with Crippen LogP contribution in [0.2, 0.25) is 0 Å². The zero-order valence-electron chi connectivity index (χ0n) is 7.65. The Morgan fingerprint density at radius 1 is 1.40 bits per heavy atom. The number of carbonyl (C=O) groups is 2. The Kier molecular flexibility index (Phi) is 2.94. The molecule has 78 valence electrons. The SMILES string of the molecule is O=C1C=C(C2=C/COPO/C=C\2)C(=O)N1. The van der Waals surface area contributed by atoms with Gasteiger partial charge in [-0.2, -0.15) is 0 Å². The molecule has 2 amide bonds. The highest BCUT2D eigenvalue weighted by Gasteiger charge is 2.22. The number of carbonyl (C=O) groups excluding carboxylic acids is 2. The van der Waals surface area contributed by atoms with Gasteiger partial charge in [0.25, 0.3) is 11.8 Å². The van der Waals surface area contributed by atoms with E-state index in [1.807, 2.05) is 0 Å². The highest BCUT2D eigenvalue weighted by atomic mass is 31.1. The average Bonchev–Trinajstić information content (AvgIpc) is 2.45. The second kappa shape index (κ2) is 4.38. The lowest BCUT2D eigenvalue weighted by molar-refractivity contribution is -0.123. The molecule has 6 heteroatoms. The van der Waals surface area contributed by atoms with E-state index in [9.17, 15) is 9.59 Å². The Morgan fingerprint density at radius 3 is 3.00 bits per heavy atom. The third-order valence-corrected chi connectivity index (χ3v) is 2.39. The van der Waals surface area contributed by atoms with E-state index in [1.54, 1.807) is 12.2 Å². The molecule has 0 aromatic rings. The number of allylic oxidation sites excluding steroid dienone is 1. The molecule has 0 aromatic carbocycles. The summed E-state index contributed by atoms with van der Waals surface area (Å²) in [7, 11) is -0.0389. The van der Waals surface area contributed by atoms with Crippen LogP contribution in [0.25, 0.3) is 0 Å². The number of hydrogen-bond acceptors (Lipinski definition) is 4. The summed E-state index contributed by atoms with van der Waals surface area (Å²) in [6.45, 7) is 0.358. The second-order valence-electron chi connectivity index (χ2n) is 2.85. The summed E-state index contributed by atoms with van der Waals surface area (Å²) in [5.41, 5.74) is 0.969. The standard InChI is InChI=1S/C9H8NO4P/c11-8-5-7(9(12)10-8)6-1-3-13-15-14-4-2-6/h1-3,5,15H,4H2,(H,10,11,12)/b3-1-,6-2+. The van der Waals surface area contributed by atoms with Crippen molar-refractivity contribution in [2.24, 2.45) is 0 Å². The summed E-state index contributed by atoms with van der Waals surface area (Å²) >= 11 is 0. The summed E-state index contributed by atoms with van der Waals surface area (Å²) in [5.74, 6) is -0.783. The maximum Gasteiger partial charge on any atom is 0.258 e. The molecule has 2 aliphatic heterocycles. The van der Waals surface area contributed by atoms with E-state index in [-0.39, 0.29) is 14.9 Å². The Balaban J connectivity index is 2.25. The van der Waals surface area contributed by atoms with Gasteiger partial charge in [-0.25, -0.2) is 0 Å². The summed E-state index contributed by atoms with van der Waals surface area (Å²) in [6.07, 6.45) is 6.08. The van der Waals surface area contributed by atoms with Gasteiger partial charge < -0.3 is 9.05 Å². The zero-order valence-corrected chi connectivity index (χ0v) is 8.65. The number of hydrogen-bond donors (Lipinski definition) is 1. The molecule has 0 radical (unpaired) electrons. The number of rotatable bonds is 1. The molecular formula is C9H8NO4P. The molecule has 0 saturated heterocycles. The fraction of sp³-hybridized carbons (Fsp3) is 0.111. The molecular weight excluding hydrogens is 217 g/mol. The van der Waals surface area contributed by atoms with Crippen LogP contribution in [-0.2, 0) is 18.6 Å². The lowest BCUT2D eigenvalue weighted by Gasteiger charge is -2.06. The third kappa shape index (κ3) is 2.32. The topological polar surface area (TPSA) is 64.6 Å². The molecule has 2 rings (SSSR count). The second-order valence-corrected chi connectivity index (χ2v) is 3.54. The lowest BCUT2D eigenvalue weighted by Crippen LogP contribution is -2.22. The van der Waals surface area contributed by atoms with E-state index in [1.165, 1.54) is 12.3 Å². The first kappa shape index (κ1) is 10.1. The Hall–Kier alpha value is -1.45. The average molecular weight is 225 g/mol. The predicted molar refractivity (Wildman–Crippen MR) is 53.8 cm³/mol. The minimum atomic E-state index is -0.393. The summed E-state index contributed by atoms with van der Waals surface area (Å²) in [5, 5.41) is 2.18. The normalized spacial score (nSPS) is 28.3. The van der Waals surface area contributed by atoms with Crippen LogP contribution < -0.4 is 5.32 Å². The monoisotopic (exact) mass is 225 g/mol. The maximum absolute atomic E-state index is 11.3. The highest BCUT2D eigenvalue weighted by Crippen LogP contribution is 2.21. The number of amides is 2. The van der Waals surface area contributed by atoms with E-state index in [2.05, 4.69) is 5.32 Å². The van der Waals surface area contributed by atoms with Crippen LogP contribution in [0.4, 0.5) is 0 Å². The van der Waals surface area contributed by atoms with Crippen molar-refractivity contribution in [3.8, 4) is 0 Å². The van der Waals surface area contributed by atoms with Gasteiger partial charge >= 0.3 is 0 Å². The van der Waals surface area contributed by atoms with Crippen molar-refractivity contribution in [1.82, 2.24) is 5.32 Å². The smallest absolute Gasteiger partial charge is 0.258 e. The van der Waals surface area contributed by atoms with E-state index in [0.29, 0.717) is 17.8 Å². The minimum absolute atomic E-state index is 0.0389. The van der Waals surface area contributed by atoms with Gasteiger partial charge in [-0.1, -0.05) is 6.08 Å². The Labute approximate surface area is 87.8 Å². The number of imide groups is 1. The molecule has 0 fully saturated rings. The molecule has 1 atom stereocenters. The van der Waals surface area contributed by atoms with E-state index < -0.39 is 5.91 Å². The van der Waals surface area contributed by atoms with Crippen molar-refractivity contribution >= 4 is 20.8 Å². The minimum Gasteiger partial charge on any atom is -0.457 e. The third-order valence-electron chi connectivity index (χ3n) is 1.88. The van der Waals surface area contributed by atoms with Gasteiger partial charge in [0.05, 0.1) is 18.4 Å². The first-order valence-electron chi connectivity index (χ1n) is 4.24. The number of nitrogens with one attached hydrogen (secondary N) is 1. The van der Waals surface area contributed by atoms with Gasteiger partial charge in [0, 0.05) is 6.08 Å². The van der Waals surface area contributed by atoms with E-state index in [4.69, 9.17) is 9.05 Å². The largest absolute Gasteiger partial charge is 0.457 e. The Morgan fingerprint density at radius 2 is 2.27 bits per heavy atom. The van der Waals surface area contributed by atoms with Crippen molar-refractivity contribution in [2.75, 3.05) is 6.61 Å². The molecule has 0 aromatic heterocycles. The molecule has 2 heterocycles. The van der Waals surface area contributed by atoms with Crippen molar-refractivity contribution in [3.05, 3.63) is 35.6 Å². The summed E-state index contributed by atoms with van der Waals surface area (Å²) < 4.78 is 10.0. The molecule has 2 aliphatic rings. The Bertz CT molecular complexity index is 397. The first-order chi connectivity index (χ1) is 7.27. The van der Waals surface area contributed by atoms with Gasteiger partial charge in [-0.05, 0) is 11.6 Å². The van der Waals surface area contributed by atoms with Gasteiger partial charge in [0.1, 0.15) is 0 Å². The fourth-order valence-corrected chi connectivity index (χ4v) is 1.57. The molecule has 0 bridgehead atoms. The predicted octanol–water partition coefficient (Wildman–Crippen LogP) is 0.565. The molecule has 0 spiro atoms. The quantitative estimate of drug-likeness (QED) is 0.523. The van der Waals surface area contributed by atoms with Crippen molar-refractivity contribution in [3.63, 3.8) is 0 Å². The van der Waals surface area contributed by atoms with Crippen molar-refractivity contribution in [1.29, 1.82) is 0 Å². The molecule has 5 nitrogen and oxygen atoms in total. The summed E-state index contributed by atoms with van der Waals surface area (Å²) in [4.78, 5) is 22.3. The van der Waals surface area contributed by atoms with Crippen LogP contribution in [-0.4, -0.2) is 18.4 Å². The molecule has 0 saturated carbocycles. The molecule has 1 unspecified atom stereocenters. The van der Waals surface area contributed by atoms with Crippen molar-refractivity contribution < 1.29 is 18.6 Å². The van der Waals surface area contributed by atoms with Gasteiger partial charge in [0.15, 0.2) is 0 Å². The van der Waals surface area contributed by atoms with Crippen LogP contribution in [0.15, 0.2) is 35.6 Å². The van der Waals surface area contributed by atoms with Crippen LogP contribution >= 0.6 is 9.03 Å². The lowest BCUT2D eigenvalue weighted by atomic mass is 10.1. The van der Waals surface area contributed by atoms with Crippen LogP contribution in [0.1, 0.15) is 0 Å². The molecule has 0 aliphatic carbocycles. The van der Waals surface area contributed by atoms with Crippen molar-refractivity contribution in [2.45, 2.75) is 0 Å². The van der Waals surface area contributed by atoms with Crippen LogP contribution in [0, 0.1) is 0 Å². The fourth-order valence-electron chi connectivity index (χ4n) is 1.23. The van der Waals surface area contributed by atoms with Gasteiger partial charge in [0.2, 0.25) is 9.03 Å². The van der Waals surface area contributed by atoms with Gasteiger partial charge in [-0.3, -0.25) is 14.9 Å². The van der Waals surface area contributed by atoms with Crippen LogP contribution in [0.5, 0.6) is 0 Å². The van der Waals surface area contributed by atoms with E-state index in [0.717, 1.165) is 0 Å². The van der Waals surface area contributed by atoms with Gasteiger partial charge in [-0.15, -0.1) is 0 Å². The first-order valence-corrected chi connectivity index (χ1v) is 5.05. The molecule has 15 heavy (non-hydrogen) atoms. The van der Waals surface area contributed by atoms with E-state index >= 15 is 0 Å².